The Hall–Kier alpha value is -2.38. The van der Waals surface area contributed by atoms with Crippen LogP contribution in [-0.2, 0) is 14.3 Å². The first-order valence-corrected chi connectivity index (χ1v) is 9.31. The molecule has 0 unspecified atom stereocenters. The maximum atomic E-state index is 13.1. The molecule has 0 N–H and O–H groups in total. The Kier molecular flexibility index (Phi) is 6.13. The predicted octanol–water partition coefficient (Wildman–Crippen LogP) is 1.06. The molecule has 3 rings (SSSR count). The minimum atomic E-state index is -0.255. The summed E-state index contributed by atoms with van der Waals surface area (Å²) >= 11 is 0. The maximum Gasteiger partial charge on any atom is 0.277 e. The lowest BCUT2D eigenvalue weighted by atomic mass is 10.0. The highest BCUT2D eigenvalue weighted by molar-refractivity contribution is 6.35. The number of methoxy groups -OCH3 is 2. The number of carbonyl (C=O) groups excluding carboxylic acids is 2. The highest BCUT2D eigenvalue weighted by Crippen LogP contribution is 2.32. The van der Waals surface area contributed by atoms with E-state index in [1.807, 2.05) is 24.3 Å². The van der Waals surface area contributed by atoms with Crippen molar-refractivity contribution in [1.82, 2.24) is 14.7 Å². The van der Waals surface area contributed by atoms with Gasteiger partial charge >= 0.3 is 0 Å². The number of piperazine rings is 1. The molecule has 27 heavy (non-hydrogen) atoms. The minimum Gasteiger partial charge on any atom is -0.497 e. The zero-order valence-electron chi connectivity index (χ0n) is 16.2. The lowest BCUT2D eigenvalue weighted by Crippen LogP contribution is -2.47. The molecule has 2 aliphatic rings. The van der Waals surface area contributed by atoms with E-state index in [4.69, 9.17) is 9.47 Å². The van der Waals surface area contributed by atoms with E-state index in [2.05, 4.69) is 16.7 Å². The van der Waals surface area contributed by atoms with E-state index in [0.29, 0.717) is 23.6 Å². The molecular formula is C20H27N3O4. The first-order valence-electron chi connectivity index (χ1n) is 9.31. The van der Waals surface area contributed by atoms with E-state index < -0.39 is 0 Å². The Bertz CT molecular complexity index is 721. The second-order valence-corrected chi connectivity index (χ2v) is 6.63. The van der Waals surface area contributed by atoms with Gasteiger partial charge in [-0.2, -0.15) is 0 Å². The van der Waals surface area contributed by atoms with Gasteiger partial charge in [0.2, 0.25) is 0 Å². The summed E-state index contributed by atoms with van der Waals surface area (Å²) in [6.45, 7) is 6.95. The number of amides is 2. The summed E-state index contributed by atoms with van der Waals surface area (Å²) in [7, 11) is 3.16. The maximum absolute atomic E-state index is 13.1. The summed E-state index contributed by atoms with van der Waals surface area (Å²) in [6, 6.07) is 7.29. The third kappa shape index (κ3) is 3.84. The van der Waals surface area contributed by atoms with Crippen LogP contribution in [0.3, 0.4) is 0 Å². The standard InChI is InChI=1S/C20H27N3O4/c1-4-21-9-11-22(12-10-21)18-17(15-5-7-16(27-3)8-6-15)19(24)23(20(18)25)13-14-26-2/h5-8H,4,9-14H2,1-3H3. The van der Waals surface area contributed by atoms with Crippen molar-refractivity contribution in [2.45, 2.75) is 6.92 Å². The Morgan fingerprint density at radius 2 is 1.63 bits per heavy atom. The molecule has 1 aromatic rings. The van der Waals surface area contributed by atoms with E-state index >= 15 is 0 Å². The number of hydrogen-bond acceptors (Lipinski definition) is 6. The summed E-state index contributed by atoms with van der Waals surface area (Å²) in [6.07, 6.45) is 0. The average Bonchev–Trinajstić information content (AvgIpc) is 2.96. The zero-order valence-corrected chi connectivity index (χ0v) is 16.2. The summed E-state index contributed by atoms with van der Waals surface area (Å²) in [5, 5.41) is 0. The van der Waals surface area contributed by atoms with Crippen LogP contribution in [0.1, 0.15) is 12.5 Å². The van der Waals surface area contributed by atoms with Crippen LogP contribution >= 0.6 is 0 Å². The molecule has 2 heterocycles. The molecule has 7 heteroatoms. The third-order valence-electron chi connectivity index (χ3n) is 5.18. The Balaban J connectivity index is 1.96. The second-order valence-electron chi connectivity index (χ2n) is 6.63. The van der Waals surface area contributed by atoms with Crippen LogP contribution in [0, 0.1) is 0 Å². The second kappa shape index (κ2) is 8.54. The van der Waals surface area contributed by atoms with Crippen LogP contribution < -0.4 is 4.74 Å². The quantitative estimate of drug-likeness (QED) is 0.666. The topological polar surface area (TPSA) is 62.3 Å². The molecule has 1 fully saturated rings. The number of likely N-dealkylation sites (N-methyl/N-ethyl adjacent to an activating group) is 1. The Morgan fingerprint density at radius 1 is 0.963 bits per heavy atom. The van der Waals surface area contributed by atoms with Crippen molar-refractivity contribution in [3.05, 3.63) is 35.5 Å². The van der Waals surface area contributed by atoms with Crippen LogP contribution in [0.4, 0.5) is 0 Å². The SMILES string of the molecule is CCN1CCN(C2=C(c3ccc(OC)cc3)C(=O)N(CCOC)C2=O)CC1. The van der Waals surface area contributed by atoms with Crippen molar-refractivity contribution in [2.75, 3.05) is 60.1 Å². The van der Waals surface area contributed by atoms with Crippen LogP contribution in [0.15, 0.2) is 30.0 Å². The van der Waals surface area contributed by atoms with Gasteiger partial charge in [0.25, 0.3) is 11.8 Å². The van der Waals surface area contributed by atoms with Crippen LogP contribution in [0.5, 0.6) is 5.75 Å². The van der Waals surface area contributed by atoms with Crippen molar-refractivity contribution in [3.63, 3.8) is 0 Å². The molecule has 0 aromatic heterocycles. The molecule has 146 valence electrons. The molecule has 1 saturated heterocycles. The number of hydrogen-bond donors (Lipinski definition) is 0. The summed E-state index contributed by atoms with van der Waals surface area (Å²) in [4.78, 5) is 31.9. The van der Waals surface area contributed by atoms with Gasteiger partial charge in [0.05, 0.1) is 25.8 Å². The van der Waals surface area contributed by atoms with E-state index in [9.17, 15) is 9.59 Å². The normalized spacial score (nSPS) is 18.6. The largest absolute Gasteiger partial charge is 0.497 e. The van der Waals surface area contributed by atoms with Crippen LogP contribution in [-0.4, -0.2) is 86.6 Å². The van der Waals surface area contributed by atoms with Crippen molar-refractivity contribution in [3.8, 4) is 5.75 Å². The van der Waals surface area contributed by atoms with E-state index in [1.54, 1.807) is 14.2 Å². The van der Waals surface area contributed by atoms with Gasteiger partial charge in [-0.3, -0.25) is 14.5 Å². The fraction of sp³-hybridized carbons (Fsp3) is 0.500. The molecule has 2 amide bonds. The van der Waals surface area contributed by atoms with Gasteiger partial charge < -0.3 is 19.3 Å². The van der Waals surface area contributed by atoms with E-state index in [1.165, 1.54) is 4.90 Å². The highest BCUT2D eigenvalue weighted by atomic mass is 16.5. The summed E-state index contributed by atoms with van der Waals surface area (Å²) in [5.74, 6) is 0.230. The number of nitrogens with zero attached hydrogens (tertiary/aromatic N) is 3. The monoisotopic (exact) mass is 373 g/mol. The third-order valence-corrected chi connectivity index (χ3v) is 5.18. The molecule has 1 aromatic carbocycles. The number of benzene rings is 1. The van der Waals surface area contributed by atoms with Gasteiger partial charge in [-0.15, -0.1) is 0 Å². The molecule has 0 bridgehead atoms. The van der Waals surface area contributed by atoms with Crippen molar-refractivity contribution in [1.29, 1.82) is 0 Å². The lowest BCUT2D eigenvalue weighted by molar-refractivity contribution is -0.138. The Morgan fingerprint density at radius 3 is 2.19 bits per heavy atom. The van der Waals surface area contributed by atoms with Crippen molar-refractivity contribution < 1.29 is 19.1 Å². The summed E-state index contributed by atoms with van der Waals surface area (Å²) in [5.41, 5.74) is 1.72. The fourth-order valence-electron chi connectivity index (χ4n) is 3.55. The van der Waals surface area contributed by atoms with Crippen molar-refractivity contribution in [2.24, 2.45) is 0 Å². The van der Waals surface area contributed by atoms with Crippen LogP contribution in [0.25, 0.3) is 5.57 Å². The van der Waals surface area contributed by atoms with Gasteiger partial charge in [-0.05, 0) is 24.2 Å². The van der Waals surface area contributed by atoms with E-state index in [0.717, 1.165) is 38.3 Å². The number of carbonyl (C=O) groups is 2. The minimum absolute atomic E-state index is 0.229. The average molecular weight is 373 g/mol. The predicted molar refractivity (Wildman–Crippen MR) is 102 cm³/mol. The van der Waals surface area contributed by atoms with Gasteiger partial charge in [-0.1, -0.05) is 19.1 Å². The first-order chi connectivity index (χ1) is 13.1. The van der Waals surface area contributed by atoms with Crippen molar-refractivity contribution >= 4 is 17.4 Å². The fourth-order valence-corrected chi connectivity index (χ4v) is 3.55. The molecule has 0 aliphatic carbocycles. The van der Waals surface area contributed by atoms with Gasteiger partial charge in [-0.25, -0.2) is 0 Å². The van der Waals surface area contributed by atoms with E-state index in [-0.39, 0.29) is 18.4 Å². The summed E-state index contributed by atoms with van der Waals surface area (Å²) < 4.78 is 10.3. The molecule has 0 saturated carbocycles. The lowest BCUT2D eigenvalue weighted by Gasteiger charge is -2.36. The molecule has 0 spiro atoms. The molecule has 0 atom stereocenters. The first kappa shape index (κ1) is 19.4. The highest BCUT2D eigenvalue weighted by Gasteiger charge is 2.41. The molecule has 0 radical (unpaired) electrons. The Labute approximate surface area is 160 Å². The molecule has 7 nitrogen and oxygen atoms in total. The van der Waals surface area contributed by atoms with Gasteiger partial charge in [0, 0.05) is 33.3 Å². The van der Waals surface area contributed by atoms with Gasteiger partial charge in [0.15, 0.2) is 0 Å². The zero-order chi connectivity index (χ0) is 19.4. The number of imide groups is 1. The number of ether oxygens (including phenoxy) is 2. The van der Waals surface area contributed by atoms with Crippen LogP contribution in [0.2, 0.25) is 0 Å². The molecule has 2 aliphatic heterocycles. The number of rotatable bonds is 7. The smallest absolute Gasteiger partial charge is 0.277 e. The molecular weight excluding hydrogens is 346 g/mol. The van der Waals surface area contributed by atoms with Gasteiger partial charge in [0.1, 0.15) is 11.4 Å².